The van der Waals surface area contributed by atoms with Crippen molar-refractivity contribution >= 4 is 37.6 Å². The van der Waals surface area contributed by atoms with Crippen LogP contribution in [0, 0.1) is 0 Å². The summed E-state index contributed by atoms with van der Waals surface area (Å²) in [6.07, 6.45) is 0. The van der Waals surface area contributed by atoms with Gasteiger partial charge in [-0.25, -0.2) is 17.9 Å². The van der Waals surface area contributed by atoms with Crippen molar-refractivity contribution in [3.05, 3.63) is 29.8 Å². The van der Waals surface area contributed by atoms with Crippen LogP contribution in [-0.2, 0) is 10.0 Å². The van der Waals surface area contributed by atoms with Gasteiger partial charge in [-0.15, -0.1) is 0 Å². The molecular formula is C11H16N2O4S3. The van der Waals surface area contributed by atoms with Crippen molar-refractivity contribution in [3.8, 4) is 0 Å². The van der Waals surface area contributed by atoms with Crippen molar-refractivity contribution < 1.29 is 18.3 Å². The number of hydrogen-bond acceptors (Lipinski definition) is 6. The summed E-state index contributed by atoms with van der Waals surface area (Å²) < 4.78 is 26.3. The summed E-state index contributed by atoms with van der Waals surface area (Å²) in [5.74, 6) is 0.274. The van der Waals surface area contributed by atoms with Crippen LogP contribution in [0.3, 0.4) is 0 Å². The Balaban J connectivity index is 2.56. The van der Waals surface area contributed by atoms with Crippen molar-refractivity contribution in [2.45, 2.75) is 4.90 Å². The van der Waals surface area contributed by atoms with Crippen LogP contribution < -0.4 is 10.5 Å². The molecule has 112 valence electrons. The largest absolute Gasteiger partial charge is 0.478 e. The van der Waals surface area contributed by atoms with E-state index in [9.17, 15) is 13.2 Å². The number of benzene rings is 1. The van der Waals surface area contributed by atoms with E-state index in [1.165, 1.54) is 29.0 Å². The van der Waals surface area contributed by atoms with E-state index in [0.717, 1.165) is 11.8 Å². The molecule has 0 radical (unpaired) electrons. The van der Waals surface area contributed by atoms with Crippen molar-refractivity contribution in [1.29, 1.82) is 0 Å². The first-order valence-corrected chi connectivity index (χ1v) is 9.72. The average molecular weight is 336 g/mol. The monoisotopic (exact) mass is 336 g/mol. The Kier molecular flexibility index (Phi) is 7.38. The zero-order chi connectivity index (χ0) is 15.0. The number of rotatable bonds is 9. The first kappa shape index (κ1) is 17.3. The number of sulfonamides is 1. The number of nitrogens with two attached hydrogens (primary N) is 1. The van der Waals surface area contributed by atoms with Gasteiger partial charge in [0.25, 0.3) is 0 Å². The Labute approximate surface area is 126 Å². The predicted octanol–water partition coefficient (Wildman–Crippen LogP) is 1.00. The van der Waals surface area contributed by atoms with E-state index >= 15 is 0 Å². The van der Waals surface area contributed by atoms with E-state index in [-0.39, 0.29) is 17.0 Å². The topological polar surface area (TPSA) is 109 Å². The fraction of sp³-hybridized carbons (Fsp3) is 0.364. The third-order valence-electron chi connectivity index (χ3n) is 2.15. The molecule has 4 N–H and O–H groups in total. The van der Waals surface area contributed by atoms with Crippen LogP contribution >= 0.6 is 21.6 Å². The molecule has 20 heavy (non-hydrogen) atoms. The standard InChI is InChI=1S/C11H16N2O4S3/c12-4-6-18-19-7-5-13-20(16,17)10-3-1-2-9(8-10)11(14)15/h1-3,8,13H,4-7,12H2,(H,14,15). The Morgan fingerprint density at radius 1 is 1.30 bits per heavy atom. The van der Waals surface area contributed by atoms with Gasteiger partial charge < -0.3 is 10.8 Å². The van der Waals surface area contributed by atoms with Crippen LogP contribution in [0.15, 0.2) is 29.2 Å². The number of carboxylic acid groups (broad SMARTS) is 1. The minimum absolute atomic E-state index is 0.0444. The quantitative estimate of drug-likeness (QED) is 0.456. The molecule has 0 aliphatic heterocycles. The Hall–Kier alpha value is -0.740. The summed E-state index contributed by atoms with van der Waals surface area (Å²) in [4.78, 5) is 10.8. The molecule has 1 rings (SSSR count). The van der Waals surface area contributed by atoms with E-state index < -0.39 is 16.0 Å². The molecule has 0 spiro atoms. The zero-order valence-electron chi connectivity index (χ0n) is 10.6. The Morgan fingerprint density at radius 2 is 2.00 bits per heavy atom. The number of nitrogens with one attached hydrogen (secondary N) is 1. The second kappa shape index (κ2) is 8.53. The summed E-state index contributed by atoms with van der Waals surface area (Å²) in [6.45, 7) is 0.868. The lowest BCUT2D eigenvalue weighted by Crippen LogP contribution is -2.26. The molecule has 0 saturated carbocycles. The van der Waals surface area contributed by atoms with Gasteiger partial charge in [-0.1, -0.05) is 27.7 Å². The molecular weight excluding hydrogens is 320 g/mol. The SMILES string of the molecule is NCCSSCCNS(=O)(=O)c1cccc(C(=O)O)c1. The first-order chi connectivity index (χ1) is 9.47. The molecule has 0 saturated heterocycles. The molecule has 1 aromatic carbocycles. The van der Waals surface area contributed by atoms with Crippen molar-refractivity contribution in [2.24, 2.45) is 5.73 Å². The van der Waals surface area contributed by atoms with Gasteiger partial charge in [0.15, 0.2) is 0 Å². The fourth-order valence-corrected chi connectivity index (χ4v) is 4.23. The second-order valence-corrected chi connectivity index (χ2v) is 8.13. The molecule has 1 aromatic rings. The highest BCUT2D eigenvalue weighted by atomic mass is 33.1. The van der Waals surface area contributed by atoms with Gasteiger partial charge in [0.05, 0.1) is 10.5 Å². The second-order valence-electron chi connectivity index (χ2n) is 3.66. The maximum atomic E-state index is 12.0. The maximum Gasteiger partial charge on any atom is 0.335 e. The Bertz CT molecular complexity index is 548. The van der Waals surface area contributed by atoms with Crippen LogP contribution in [0.4, 0.5) is 0 Å². The number of carbonyl (C=O) groups is 1. The number of carboxylic acids is 1. The molecule has 0 aromatic heterocycles. The molecule has 0 amide bonds. The molecule has 0 aliphatic carbocycles. The predicted molar refractivity (Wildman–Crippen MR) is 82.6 cm³/mol. The van der Waals surface area contributed by atoms with Crippen molar-refractivity contribution in [2.75, 3.05) is 24.6 Å². The van der Waals surface area contributed by atoms with E-state index in [2.05, 4.69) is 4.72 Å². The molecule has 0 unspecified atom stereocenters. The molecule has 0 aliphatic rings. The molecule has 0 bridgehead atoms. The van der Waals surface area contributed by atoms with E-state index in [1.807, 2.05) is 0 Å². The van der Waals surface area contributed by atoms with Crippen molar-refractivity contribution in [1.82, 2.24) is 4.72 Å². The van der Waals surface area contributed by atoms with Crippen LogP contribution in [-0.4, -0.2) is 44.1 Å². The van der Waals surface area contributed by atoms with E-state index in [0.29, 0.717) is 12.3 Å². The third-order valence-corrected chi connectivity index (χ3v) is 6.05. The van der Waals surface area contributed by atoms with Gasteiger partial charge in [-0.05, 0) is 18.2 Å². The van der Waals surface area contributed by atoms with Gasteiger partial charge in [-0.2, -0.15) is 0 Å². The van der Waals surface area contributed by atoms with E-state index in [4.69, 9.17) is 10.8 Å². The summed E-state index contributed by atoms with van der Waals surface area (Å²) in [7, 11) is -0.547. The minimum atomic E-state index is -3.67. The van der Waals surface area contributed by atoms with Crippen LogP contribution in [0.25, 0.3) is 0 Å². The summed E-state index contributed by atoms with van der Waals surface area (Å²) in [5, 5.41) is 8.84. The van der Waals surface area contributed by atoms with E-state index in [1.54, 1.807) is 10.8 Å². The highest BCUT2D eigenvalue weighted by Crippen LogP contribution is 2.19. The summed E-state index contributed by atoms with van der Waals surface area (Å²) in [6, 6.07) is 5.26. The van der Waals surface area contributed by atoms with Crippen LogP contribution in [0.1, 0.15) is 10.4 Å². The highest BCUT2D eigenvalue weighted by molar-refractivity contribution is 8.76. The summed E-state index contributed by atoms with van der Waals surface area (Å²) in [5.41, 5.74) is 5.28. The average Bonchev–Trinajstić information content (AvgIpc) is 2.43. The first-order valence-electron chi connectivity index (χ1n) is 5.75. The normalized spacial score (nSPS) is 11.4. The molecule has 0 fully saturated rings. The highest BCUT2D eigenvalue weighted by Gasteiger charge is 2.15. The molecule has 6 nitrogen and oxygen atoms in total. The summed E-state index contributed by atoms with van der Waals surface area (Å²) >= 11 is 0. The lowest BCUT2D eigenvalue weighted by Gasteiger charge is -2.07. The number of hydrogen-bond donors (Lipinski definition) is 3. The van der Waals surface area contributed by atoms with Gasteiger partial charge in [-0.3, -0.25) is 0 Å². The smallest absolute Gasteiger partial charge is 0.335 e. The van der Waals surface area contributed by atoms with Crippen molar-refractivity contribution in [3.63, 3.8) is 0 Å². The van der Waals surface area contributed by atoms with Gasteiger partial charge in [0.2, 0.25) is 10.0 Å². The lowest BCUT2D eigenvalue weighted by molar-refractivity contribution is 0.0696. The molecule has 0 atom stereocenters. The minimum Gasteiger partial charge on any atom is -0.478 e. The molecule has 9 heteroatoms. The van der Waals surface area contributed by atoms with Gasteiger partial charge in [0.1, 0.15) is 0 Å². The van der Waals surface area contributed by atoms with Gasteiger partial charge in [0, 0.05) is 24.6 Å². The lowest BCUT2D eigenvalue weighted by atomic mass is 10.2. The fourth-order valence-electron chi connectivity index (χ4n) is 1.26. The third kappa shape index (κ3) is 5.71. The molecule has 0 heterocycles. The Morgan fingerprint density at radius 3 is 2.65 bits per heavy atom. The maximum absolute atomic E-state index is 12.0. The number of aromatic carboxylic acids is 1. The zero-order valence-corrected chi connectivity index (χ0v) is 13.1. The van der Waals surface area contributed by atoms with Gasteiger partial charge >= 0.3 is 5.97 Å². The van der Waals surface area contributed by atoms with Crippen LogP contribution in [0.5, 0.6) is 0 Å². The van der Waals surface area contributed by atoms with Crippen LogP contribution in [0.2, 0.25) is 0 Å².